The number of hydrogen-bond acceptors (Lipinski definition) is 11. The van der Waals surface area contributed by atoms with Gasteiger partial charge in [0.05, 0.1) is 23.7 Å². The molecule has 4 aromatic rings. The van der Waals surface area contributed by atoms with Gasteiger partial charge in [-0.2, -0.15) is 9.97 Å². The van der Waals surface area contributed by atoms with Gasteiger partial charge in [0.25, 0.3) is 0 Å². The molecular weight excluding hydrogens is 724 g/mol. The molecular formula is C39H42F4N6O6. The lowest BCUT2D eigenvalue weighted by molar-refractivity contribution is 0.00537. The van der Waals surface area contributed by atoms with Crippen LogP contribution >= 0.6 is 0 Å². The summed E-state index contributed by atoms with van der Waals surface area (Å²) < 4.78 is 91.8. The van der Waals surface area contributed by atoms with Crippen LogP contribution in [-0.2, 0) is 9.47 Å². The molecule has 5 atom stereocenters. The SMILES string of the molecule is COCOc1cc(-c2nc3c4c(nc(OC[C@]56CCCN5C[C@@H](F)C6)nc4c2F)N2C[C@@H]4CC[C@H]([C@H]2CO3)N4C(=O)OC(C)(C)C)c2c(F)c(F)ccc2c1. The molecule has 292 valence electrons. The molecule has 4 saturated heterocycles. The number of amides is 1. The molecule has 16 heteroatoms. The number of anilines is 1. The second kappa shape index (κ2) is 13.2. The van der Waals surface area contributed by atoms with Gasteiger partial charge in [0.2, 0.25) is 5.88 Å². The first-order valence-electron chi connectivity index (χ1n) is 18.7. The monoisotopic (exact) mass is 766 g/mol. The van der Waals surface area contributed by atoms with Crippen LogP contribution in [0.5, 0.6) is 17.6 Å². The molecule has 1 amide bonds. The minimum Gasteiger partial charge on any atom is -0.475 e. The van der Waals surface area contributed by atoms with Gasteiger partial charge < -0.3 is 28.6 Å². The van der Waals surface area contributed by atoms with E-state index >= 15 is 8.78 Å². The molecule has 9 rings (SSSR count). The molecule has 0 saturated carbocycles. The van der Waals surface area contributed by atoms with Gasteiger partial charge in [0.1, 0.15) is 53.2 Å². The Balaban J connectivity index is 1.20. The number of methoxy groups -OCH3 is 1. The van der Waals surface area contributed by atoms with Crippen LogP contribution in [0, 0.1) is 17.5 Å². The molecule has 12 nitrogen and oxygen atoms in total. The summed E-state index contributed by atoms with van der Waals surface area (Å²) in [5.41, 5.74) is -1.90. The number of rotatable bonds is 7. The first-order valence-corrected chi connectivity index (χ1v) is 18.7. The number of carbonyl (C=O) groups is 1. The predicted molar refractivity (Wildman–Crippen MR) is 193 cm³/mol. The predicted octanol–water partition coefficient (Wildman–Crippen LogP) is 6.55. The lowest BCUT2D eigenvalue weighted by Crippen LogP contribution is -2.63. The van der Waals surface area contributed by atoms with E-state index in [2.05, 4.69) is 14.9 Å². The molecule has 0 radical (unpaired) electrons. The number of ether oxygens (including phenoxy) is 5. The Bertz CT molecular complexity index is 2210. The average molecular weight is 767 g/mol. The maximum atomic E-state index is 17.4. The van der Waals surface area contributed by atoms with E-state index in [1.165, 1.54) is 25.3 Å². The number of aromatic nitrogens is 3. The zero-order valence-corrected chi connectivity index (χ0v) is 31.0. The Kier molecular flexibility index (Phi) is 8.64. The van der Waals surface area contributed by atoms with Crippen LogP contribution in [0.2, 0.25) is 0 Å². The van der Waals surface area contributed by atoms with Crippen LogP contribution in [0.25, 0.3) is 32.9 Å². The Morgan fingerprint density at radius 3 is 2.65 bits per heavy atom. The van der Waals surface area contributed by atoms with E-state index in [0.29, 0.717) is 38.2 Å². The highest BCUT2D eigenvalue weighted by Gasteiger charge is 2.52. The first kappa shape index (κ1) is 36.0. The lowest BCUT2D eigenvalue weighted by Gasteiger charge is -2.46. The molecule has 5 aliphatic rings. The summed E-state index contributed by atoms with van der Waals surface area (Å²) in [7, 11) is 1.43. The number of pyridine rings is 1. The summed E-state index contributed by atoms with van der Waals surface area (Å²) in [5.74, 6) is -2.76. The minimum absolute atomic E-state index is 0.0214. The highest BCUT2D eigenvalue weighted by molar-refractivity contribution is 6.02. The number of alkyl halides is 1. The van der Waals surface area contributed by atoms with Gasteiger partial charge in [-0.1, -0.05) is 6.07 Å². The van der Waals surface area contributed by atoms with Crippen molar-refractivity contribution in [1.29, 1.82) is 0 Å². The molecule has 2 aromatic heterocycles. The van der Waals surface area contributed by atoms with Crippen LogP contribution in [0.1, 0.15) is 52.9 Å². The summed E-state index contributed by atoms with van der Waals surface area (Å²) in [6.45, 7) is 6.84. The van der Waals surface area contributed by atoms with Crippen molar-refractivity contribution in [1.82, 2.24) is 24.8 Å². The van der Waals surface area contributed by atoms with Crippen LogP contribution in [0.4, 0.5) is 28.2 Å². The summed E-state index contributed by atoms with van der Waals surface area (Å²) in [6.07, 6.45) is 1.92. The Hall–Kier alpha value is -4.70. The molecule has 0 aliphatic carbocycles. The van der Waals surface area contributed by atoms with E-state index in [0.717, 1.165) is 25.5 Å². The van der Waals surface area contributed by atoms with Gasteiger partial charge >= 0.3 is 12.1 Å². The van der Waals surface area contributed by atoms with Crippen molar-refractivity contribution < 1.29 is 46.0 Å². The normalized spacial score (nSPS) is 25.9. The molecule has 2 bridgehead atoms. The Morgan fingerprint density at radius 1 is 1.02 bits per heavy atom. The largest absolute Gasteiger partial charge is 0.475 e. The second-order valence-electron chi connectivity index (χ2n) is 16.2. The van der Waals surface area contributed by atoms with Crippen molar-refractivity contribution in [2.24, 2.45) is 0 Å². The molecule has 7 heterocycles. The van der Waals surface area contributed by atoms with E-state index in [1.54, 1.807) is 4.90 Å². The molecule has 4 fully saturated rings. The summed E-state index contributed by atoms with van der Waals surface area (Å²) in [5, 5.41) is 0.197. The summed E-state index contributed by atoms with van der Waals surface area (Å²) in [6, 6.07) is 4.09. The third-order valence-electron chi connectivity index (χ3n) is 11.6. The maximum Gasteiger partial charge on any atom is 0.410 e. The van der Waals surface area contributed by atoms with Gasteiger partial charge in [-0.15, -0.1) is 0 Å². The van der Waals surface area contributed by atoms with Crippen molar-refractivity contribution in [3.05, 3.63) is 41.7 Å². The molecule has 55 heavy (non-hydrogen) atoms. The molecule has 2 aromatic carbocycles. The Labute approximate surface area is 314 Å². The third kappa shape index (κ3) is 6.03. The Morgan fingerprint density at radius 2 is 1.85 bits per heavy atom. The van der Waals surface area contributed by atoms with Gasteiger partial charge in [-0.25, -0.2) is 27.3 Å². The highest BCUT2D eigenvalue weighted by Crippen LogP contribution is 2.47. The number of carbonyl (C=O) groups excluding carboxylic acids is 1. The number of benzene rings is 2. The van der Waals surface area contributed by atoms with E-state index in [4.69, 9.17) is 28.7 Å². The van der Waals surface area contributed by atoms with Gasteiger partial charge in [0.15, 0.2) is 24.2 Å². The van der Waals surface area contributed by atoms with Crippen molar-refractivity contribution in [3.8, 4) is 28.9 Å². The fraction of sp³-hybridized carbons (Fsp3) is 0.538. The van der Waals surface area contributed by atoms with Crippen LogP contribution < -0.4 is 19.1 Å². The topological polar surface area (TPSA) is 112 Å². The molecule has 5 aliphatic heterocycles. The van der Waals surface area contributed by atoms with Crippen molar-refractivity contribution in [3.63, 3.8) is 0 Å². The van der Waals surface area contributed by atoms with Crippen molar-refractivity contribution >= 4 is 33.6 Å². The maximum absolute atomic E-state index is 17.4. The molecule has 0 N–H and O–H groups in total. The fourth-order valence-corrected chi connectivity index (χ4v) is 9.32. The number of nitrogens with zero attached hydrogens (tertiary/aromatic N) is 6. The third-order valence-corrected chi connectivity index (χ3v) is 11.6. The van der Waals surface area contributed by atoms with Crippen molar-refractivity contribution in [2.45, 2.75) is 88.3 Å². The summed E-state index contributed by atoms with van der Waals surface area (Å²) >= 11 is 0. The highest BCUT2D eigenvalue weighted by atomic mass is 19.2. The van der Waals surface area contributed by atoms with Crippen LogP contribution in [-0.4, -0.2) is 113 Å². The molecule has 0 unspecified atom stereocenters. The zero-order chi connectivity index (χ0) is 38.4. The van der Waals surface area contributed by atoms with E-state index < -0.39 is 46.9 Å². The minimum atomic E-state index is -1.19. The second-order valence-corrected chi connectivity index (χ2v) is 16.2. The zero-order valence-electron chi connectivity index (χ0n) is 31.0. The van der Waals surface area contributed by atoms with Gasteiger partial charge in [-0.3, -0.25) is 9.80 Å². The standard InChI is InChI=1S/C39H42F4N6O6/c1-38(2,3)55-37(50)49-22-7-9-26(49)27-17-52-35-29-33(45-36(46-34(29)48(27)16-22)53-18-39-10-5-11-47(39)15-21(40)14-39)31(43)32(44-35)24-13-23(54-19-51-4)12-20-6-8-25(41)30(42)28(20)24/h6,8,12-13,21-22,26-27H,5,7,9-11,14-19H2,1-4H3/t21-,22-,26+,27+,39+/m0/s1. The van der Waals surface area contributed by atoms with Crippen LogP contribution in [0.3, 0.4) is 0 Å². The quantitative estimate of drug-likeness (QED) is 0.151. The number of fused-ring (bicyclic) bond motifs is 7. The number of hydrogen-bond donors (Lipinski definition) is 0. The summed E-state index contributed by atoms with van der Waals surface area (Å²) in [4.78, 5) is 33.5. The lowest BCUT2D eigenvalue weighted by atomic mass is 9.95. The smallest absolute Gasteiger partial charge is 0.410 e. The fourth-order valence-electron chi connectivity index (χ4n) is 9.32. The van der Waals surface area contributed by atoms with Crippen LogP contribution in [0.15, 0.2) is 24.3 Å². The van der Waals surface area contributed by atoms with Gasteiger partial charge in [0, 0.05) is 37.6 Å². The van der Waals surface area contributed by atoms with E-state index in [-0.39, 0.29) is 82.7 Å². The van der Waals surface area contributed by atoms with E-state index in [1.807, 2.05) is 25.7 Å². The van der Waals surface area contributed by atoms with Crippen molar-refractivity contribution in [2.75, 3.05) is 51.7 Å². The number of halogens is 4. The first-order chi connectivity index (χ1) is 26.3. The molecule has 0 spiro atoms. The van der Waals surface area contributed by atoms with Gasteiger partial charge in [-0.05, 0) is 76.6 Å². The number of piperazine rings is 1. The average Bonchev–Trinajstić information content (AvgIpc) is 3.75. The van der Waals surface area contributed by atoms with E-state index in [9.17, 15) is 13.6 Å².